The van der Waals surface area contributed by atoms with Crippen LogP contribution in [0.3, 0.4) is 0 Å². The summed E-state index contributed by atoms with van der Waals surface area (Å²) in [6.07, 6.45) is -5.62. The third-order valence-electron chi connectivity index (χ3n) is 1.28. The standard InChI is InChI=1S/C6H12F3NO/c1-11-5(2-3-10)4-6(7,8)9/h5H,2-4,10H2,1H3. The van der Waals surface area contributed by atoms with Crippen molar-refractivity contribution in [2.45, 2.75) is 25.1 Å². The van der Waals surface area contributed by atoms with E-state index >= 15 is 0 Å². The molecule has 2 N–H and O–H groups in total. The predicted molar refractivity (Wildman–Crippen MR) is 35.1 cm³/mol. The van der Waals surface area contributed by atoms with Crippen LogP contribution in [0.2, 0.25) is 0 Å². The van der Waals surface area contributed by atoms with Gasteiger partial charge in [0.15, 0.2) is 0 Å². The normalized spacial score (nSPS) is 15.0. The first-order chi connectivity index (χ1) is 4.99. The lowest BCUT2D eigenvalue weighted by Gasteiger charge is -2.15. The molecule has 0 spiro atoms. The number of ether oxygens (including phenoxy) is 1. The van der Waals surface area contributed by atoms with Crippen molar-refractivity contribution in [3.63, 3.8) is 0 Å². The molecule has 0 saturated carbocycles. The molecule has 0 aromatic heterocycles. The summed E-state index contributed by atoms with van der Waals surface area (Å²) in [5.41, 5.74) is 5.08. The summed E-state index contributed by atoms with van der Waals surface area (Å²) in [5.74, 6) is 0. The molecule has 2 nitrogen and oxygen atoms in total. The van der Waals surface area contributed by atoms with Crippen LogP contribution >= 0.6 is 0 Å². The average Bonchev–Trinajstić information content (AvgIpc) is 1.84. The third kappa shape index (κ3) is 6.12. The molecule has 0 rings (SSSR count). The van der Waals surface area contributed by atoms with Crippen molar-refractivity contribution >= 4 is 0 Å². The zero-order valence-electron chi connectivity index (χ0n) is 6.32. The number of alkyl halides is 3. The summed E-state index contributed by atoms with van der Waals surface area (Å²) in [6.45, 7) is 0.217. The lowest BCUT2D eigenvalue weighted by molar-refractivity contribution is -0.157. The quantitative estimate of drug-likeness (QED) is 0.692. The fourth-order valence-electron chi connectivity index (χ4n) is 0.747. The second-order valence-corrected chi connectivity index (χ2v) is 2.25. The molecule has 0 saturated heterocycles. The summed E-state index contributed by atoms with van der Waals surface area (Å²) >= 11 is 0. The molecule has 0 aliphatic heterocycles. The van der Waals surface area contributed by atoms with E-state index in [-0.39, 0.29) is 13.0 Å². The lowest BCUT2D eigenvalue weighted by atomic mass is 10.2. The summed E-state index contributed by atoms with van der Waals surface area (Å²) < 4.78 is 39.7. The van der Waals surface area contributed by atoms with Crippen LogP contribution < -0.4 is 5.73 Å². The highest BCUT2D eigenvalue weighted by Gasteiger charge is 2.31. The monoisotopic (exact) mass is 171 g/mol. The van der Waals surface area contributed by atoms with E-state index in [0.29, 0.717) is 0 Å². The first-order valence-corrected chi connectivity index (χ1v) is 3.29. The Kier molecular flexibility index (Phi) is 4.44. The molecule has 0 aromatic rings. The molecule has 0 aromatic carbocycles. The van der Waals surface area contributed by atoms with Crippen LogP contribution in [0.15, 0.2) is 0 Å². The Balaban J connectivity index is 3.68. The molecule has 0 aliphatic rings. The average molecular weight is 171 g/mol. The van der Waals surface area contributed by atoms with Gasteiger partial charge in [-0.25, -0.2) is 0 Å². The van der Waals surface area contributed by atoms with Crippen molar-refractivity contribution < 1.29 is 17.9 Å². The molecule has 11 heavy (non-hydrogen) atoms. The maximum Gasteiger partial charge on any atom is 0.391 e. The number of hydrogen-bond acceptors (Lipinski definition) is 2. The van der Waals surface area contributed by atoms with Crippen LogP contribution in [0.4, 0.5) is 13.2 Å². The van der Waals surface area contributed by atoms with Gasteiger partial charge < -0.3 is 10.5 Å². The molecular formula is C6H12F3NO. The second kappa shape index (κ2) is 4.56. The highest BCUT2D eigenvalue weighted by atomic mass is 19.4. The van der Waals surface area contributed by atoms with Crippen LogP contribution in [-0.4, -0.2) is 25.9 Å². The third-order valence-corrected chi connectivity index (χ3v) is 1.28. The maximum atomic E-state index is 11.7. The SMILES string of the molecule is COC(CCN)CC(F)(F)F. The van der Waals surface area contributed by atoms with Crippen molar-refractivity contribution in [1.82, 2.24) is 0 Å². The van der Waals surface area contributed by atoms with Gasteiger partial charge in [-0.2, -0.15) is 13.2 Å². The minimum absolute atomic E-state index is 0.217. The molecule has 0 heterocycles. The zero-order valence-corrected chi connectivity index (χ0v) is 6.32. The molecule has 0 bridgehead atoms. The van der Waals surface area contributed by atoms with Gasteiger partial charge in [0.25, 0.3) is 0 Å². The first kappa shape index (κ1) is 10.7. The van der Waals surface area contributed by atoms with E-state index < -0.39 is 18.7 Å². The summed E-state index contributed by atoms with van der Waals surface area (Å²) in [5, 5.41) is 0. The molecule has 68 valence electrons. The van der Waals surface area contributed by atoms with Crippen LogP contribution in [0, 0.1) is 0 Å². The van der Waals surface area contributed by atoms with Gasteiger partial charge in [-0.15, -0.1) is 0 Å². The van der Waals surface area contributed by atoms with Gasteiger partial charge in [0.1, 0.15) is 0 Å². The Bertz CT molecular complexity index is 104. The summed E-state index contributed by atoms with van der Waals surface area (Å²) in [6, 6.07) is 0. The van der Waals surface area contributed by atoms with Gasteiger partial charge in [0.2, 0.25) is 0 Å². The number of methoxy groups -OCH3 is 1. The van der Waals surface area contributed by atoms with E-state index in [2.05, 4.69) is 4.74 Å². The first-order valence-electron chi connectivity index (χ1n) is 3.29. The van der Waals surface area contributed by atoms with Gasteiger partial charge in [-0.05, 0) is 13.0 Å². The fraction of sp³-hybridized carbons (Fsp3) is 1.00. The Morgan fingerprint density at radius 3 is 2.27 bits per heavy atom. The van der Waals surface area contributed by atoms with Gasteiger partial charge in [-0.3, -0.25) is 0 Å². The number of rotatable bonds is 4. The van der Waals surface area contributed by atoms with E-state index in [9.17, 15) is 13.2 Å². The van der Waals surface area contributed by atoms with E-state index in [1.165, 1.54) is 7.11 Å². The molecule has 1 atom stereocenters. The predicted octanol–water partition coefficient (Wildman–Crippen LogP) is 1.30. The number of hydrogen-bond donors (Lipinski definition) is 1. The van der Waals surface area contributed by atoms with Gasteiger partial charge in [-0.1, -0.05) is 0 Å². The van der Waals surface area contributed by atoms with Crippen molar-refractivity contribution in [2.75, 3.05) is 13.7 Å². The minimum atomic E-state index is -4.16. The molecule has 0 amide bonds. The Morgan fingerprint density at radius 2 is 2.00 bits per heavy atom. The highest BCUT2D eigenvalue weighted by molar-refractivity contribution is 4.63. The van der Waals surface area contributed by atoms with Crippen LogP contribution in [0.5, 0.6) is 0 Å². The Hall–Kier alpha value is -0.290. The van der Waals surface area contributed by atoms with E-state index in [1.54, 1.807) is 0 Å². The summed E-state index contributed by atoms with van der Waals surface area (Å²) in [7, 11) is 1.26. The molecule has 0 fully saturated rings. The van der Waals surface area contributed by atoms with E-state index in [1.807, 2.05) is 0 Å². The summed E-state index contributed by atoms with van der Waals surface area (Å²) in [4.78, 5) is 0. The lowest BCUT2D eigenvalue weighted by Crippen LogP contribution is -2.23. The second-order valence-electron chi connectivity index (χ2n) is 2.25. The topological polar surface area (TPSA) is 35.2 Å². The van der Waals surface area contributed by atoms with E-state index in [0.717, 1.165) is 0 Å². The zero-order chi connectivity index (χ0) is 8.91. The smallest absolute Gasteiger partial charge is 0.381 e. The molecule has 0 radical (unpaired) electrons. The van der Waals surface area contributed by atoms with Crippen LogP contribution in [0.25, 0.3) is 0 Å². The van der Waals surface area contributed by atoms with Crippen molar-refractivity contribution in [1.29, 1.82) is 0 Å². The van der Waals surface area contributed by atoms with Gasteiger partial charge in [0, 0.05) is 7.11 Å². The molecule has 0 aliphatic carbocycles. The van der Waals surface area contributed by atoms with Crippen LogP contribution in [-0.2, 0) is 4.74 Å². The highest BCUT2D eigenvalue weighted by Crippen LogP contribution is 2.23. The minimum Gasteiger partial charge on any atom is -0.381 e. The number of nitrogens with two attached hydrogens (primary N) is 1. The van der Waals surface area contributed by atoms with E-state index in [4.69, 9.17) is 5.73 Å². The Morgan fingerprint density at radius 1 is 1.45 bits per heavy atom. The molecule has 5 heteroatoms. The maximum absolute atomic E-state index is 11.7. The van der Waals surface area contributed by atoms with Gasteiger partial charge >= 0.3 is 6.18 Å². The van der Waals surface area contributed by atoms with Crippen molar-refractivity contribution in [3.8, 4) is 0 Å². The van der Waals surface area contributed by atoms with Gasteiger partial charge in [0.05, 0.1) is 12.5 Å². The van der Waals surface area contributed by atoms with Crippen molar-refractivity contribution in [3.05, 3.63) is 0 Å². The van der Waals surface area contributed by atoms with Crippen molar-refractivity contribution in [2.24, 2.45) is 5.73 Å². The fourth-order valence-corrected chi connectivity index (χ4v) is 0.747. The molecule has 1 unspecified atom stereocenters. The van der Waals surface area contributed by atoms with Crippen LogP contribution in [0.1, 0.15) is 12.8 Å². The Labute approximate surface area is 63.5 Å². The largest absolute Gasteiger partial charge is 0.391 e. The number of halogens is 3. The molecular weight excluding hydrogens is 159 g/mol.